The molecular weight excluding hydrogens is 254 g/mol. The molecule has 5 nitrogen and oxygen atoms in total. The average molecular weight is 271 g/mol. The quantitative estimate of drug-likeness (QED) is 0.913. The Bertz CT molecular complexity index is 660. The number of H-pyrrole nitrogens is 1. The first-order chi connectivity index (χ1) is 9.83. The molecule has 2 aromatic rings. The molecule has 0 radical (unpaired) electrons. The lowest BCUT2D eigenvalue weighted by Crippen LogP contribution is -2.36. The van der Waals surface area contributed by atoms with Crippen molar-refractivity contribution in [1.29, 1.82) is 0 Å². The van der Waals surface area contributed by atoms with Crippen molar-refractivity contribution in [2.24, 2.45) is 5.92 Å². The first-order valence-electron chi connectivity index (χ1n) is 7.22. The Hall–Kier alpha value is -2.04. The molecule has 2 heterocycles. The fourth-order valence-electron chi connectivity index (χ4n) is 2.83. The zero-order chi connectivity index (χ0) is 13.5. The monoisotopic (exact) mass is 271 g/mol. The van der Waals surface area contributed by atoms with Gasteiger partial charge in [-0.2, -0.15) is 0 Å². The minimum Gasteiger partial charge on any atom is -0.449 e. The molecule has 1 amide bonds. The summed E-state index contributed by atoms with van der Waals surface area (Å²) in [5, 5.41) is 0. The van der Waals surface area contributed by atoms with Crippen LogP contribution in [0, 0.1) is 5.92 Å². The third-order valence-corrected chi connectivity index (χ3v) is 4.13. The number of benzene rings is 1. The highest BCUT2D eigenvalue weighted by Gasteiger charge is 2.28. The summed E-state index contributed by atoms with van der Waals surface area (Å²) in [4.78, 5) is 21.5. The van der Waals surface area contributed by atoms with Gasteiger partial charge >= 0.3 is 6.09 Å². The summed E-state index contributed by atoms with van der Waals surface area (Å²) in [5.41, 5.74) is 4.11. The topological polar surface area (TPSA) is 58.2 Å². The standard InChI is InChI=1S/C15H17N3O2/c19-15(20-8-10-3-4-10)18-7-1-2-11-13(18)6-5-12-14(11)17-9-16-12/h5-6,9-10H,1-4,7-8H2,(H,16,17). The number of aromatic nitrogens is 2. The van der Waals surface area contributed by atoms with E-state index in [1.807, 2.05) is 12.1 Å². The molecule has 0 bridgehead atoms. The summed E-state index contributed by atoms with van der Waals surface area (Å²) in [6, 6.07) is 3.97. The van der Waals surface area contributed by atoms with Crippen LogP contribution in [0.15, 0.2) is 18.5 Å². The van der Waals surface area contributed by atoms with Crippen LogP contribution in [0.2, 0.25) is 0 Å². The maximum Gasteiger partial charge on any atom is 0.414 e. The average Bonchev–Trinajstić information content (AvgIpc) is 3.18. The summed E-state index contributed by atoms with van der Waals surface area (Å²) >= 11 is 0. The Kier molecular flexibility index (Phi) is 2.65. The SMILES string of the molecule is O=C(OCC1CC1)N1CCCc2c1ccc1[nH]cnc21. The van der Waals surface area contributed by atoms with Gasteiger partial charge in [0.1, 0.15) is 0 Å². The number of hydrogen-bond donors (Lipinski definition) is 1. The minimum absolute atomic E-state index is 0.215. The third kappa shape index (κ3) is 1.94. The number of carbonyl (C=O) groups excluding carboxylic acids is 1. The Labute approximate surface area is 116 Å². The lowest BCUT2D eigenvalue weighted by molar-refractivity contribution is 0.148. The number of carbonyl (C=O) groups is 1. The van der Waals surface area contributed by atoms with Crippen molar-refractivity contribution in [1.82, 2.24) is 9.97 Å². The fraction of sp³-hybridized carbons (Fsp3) is 0.467. The molecule has 1 N–H and O–H groups in total. The molecule has 5 heteroatoms. The number of nitrogens with one attached hydrogen (secondary N) is 1. The zero-order valence-electron chi connectivity index (χ0n) is 11.3. The number of amides is 1. The Morgan fingerprint density at radius 3 is 3.20 bits per heavy atom. The molecule has 4 rings (SSSR count). The van der Waals surface area contributed by atoms with Crippen LogP contribution in [0.4, 0.5) is 10.5 Å². The molecule has 0 atom stereocenters. The van der Waals surface area contributed by atoms with Gasteiger partial charge in [0, 0.05) is 12.1 Å². The summed E-state index contributed by atoms with van der Waals surface area (Å²) < 4.78 is 5.41. The molecule has 1 saturated carbocycles. The predicted molar refractivity (Wildman–Crippen MR) is 75.8 cm³/mol. The van der Waals surface area contributed by atoms with E-state index in [2.05, 4.69) is 9.97 Å². The van der Waals surface area contributed by atoms with E-state index in [0.29, 0.717) is 12.5 Å². The lowest BCUT2D eigenvalue weighted by atomic mass is 10.0. The molecule has 1 aliphatic heterocycles. The maximum absolute atomic E-state index is 12.2. The summed E-state index contributed by atoms with van der Waals surface area (Å²) in [6.45, 7) is 1.29. The van der Waals surface area contributed by atoms with Crippen molar-refractivity contribution in [2.75, 3.05) is 18.1 Å². The number of hydrogen-bond acceptors (Lipinski definition) is 3. The van der Waals surface area contributed by atoms with Gasteiger partial charge in [-0.05, 0) is 43.7 Å². The van der Waals surface area contributed by atoms with Gasteiger partial charge < -0.3 is 9.72 Å². The van der Waals surface area contributed by atoms with Gasteiger partial charge in [-0.1, -0.05) is 0 Å². The molecule has 1 fully saturated rings. The van der Waals surface area contributed by atoms with Gasteiger partial charge in [-0.25, -0.2) is 9.78 Å². The number of nitrogens with zero attached hydrogens (tertiary/aromatic N) is 2. The normalized spacial score (nSPS) is 18.1. The Balaban J connectivity index is 1.64. The molecule has 1 aromatic heterocycles. The van der Waals surface area contributed by atoms with E-state index in [1.165, 1.54) is 12.8 Å². The molecule has 0 unspecified atom stereocenters. The molecular formula is C15H17N3O2. The zero-order valence-corrected chi connectivity index (χ0v) is 11.3. The fourth-order valence-corrected chi connectivity index (χ4v) is 2.83. The molecule has 20 heavy (non-hydrogen) atoms. The summed E-state index contributed by atoms with van der Waals surface area (Å²) in [6.07, 6.45) is 5.79. The first-order valence-corrected chi connectivity index (χ1v) is 7.22. The van der Waals surface area contributed by atoms with Gasteiger partial charge in [-0.3, -0.25) is 4.90 Å². The van der Waals surface area contributed by atoms with Crippen molar-refractivity contribution in [3.63, 3.8) is 0 Å². The molecule has 0 saturated heterocycles. The van der Waals surface area contributed by atoms with Crippen LogP contribution in [0.5, 0.6) is 0 Å². The Morgan fingerprint density at radius 2 is 2.35 bits per heavy atom. The summed E-state index contributed by atoms with van der Waals surface area (Å²) in [7, 11) is 0. The van der Waals surface area contributed by atoms with Crippen molar-refractivity contribution in [3.8, 4) is 0 Å². The minimum atomic E-state index is -0.215. The summed E-state index contributed by atoms with van der Waals surface area (Å²) in [5.74, 6) is 0.594. The van der Waals surface area contributed by atoms with E-state index in [4.69, 9.17) is 4.74 Å². The number of aromatic amines is 1. The second kappa shape index (κ2) is 4.51. The second-order valence-electron chi connectivity index (χ2n) is 5.64. The van der Waals surface area contributed by atoms with Crippen LogP contribution in [-0.4, -0.2) is 29.2 Å². The molecule has 0 spiro atoms. The van der Waals surface area contributed by atoms with Crippen molar-refractivity contribution in [2.45, 2.75) is 25.7 Å². The Morgan fingerprint density at radius 1 is 1.45 bits per heavy atom. The molecule has 2 aliphatic rings. The van der Waals surface area contributed by atoms with Crippen LogP contribution < -0.4 is 4.90 Å². The number of aryl methyl sites for hydroxylation is 1. The van der Waals surface area contributed by atoms with Gasteiger partial charge in [0.25, 0.3) is 0 Å². The largest absolute Gasteiger partial charge is 0.449 e. The number of imidazole rings is 1. The molecule has 1 aliphatic carbocycles. The smallest absolute Gasteiger partial charge is 0.414 e. The van der Waals surface area contributed by atoms with Crippen LogP contribution in [0.3, 0.4) is 0 Å². The van der Waals surface area contributed by atoms with E-state index in [-0.39, 0.29) is 6.09 Å². The highest BCUT2D eigenvalue weighted by Crippen LogP contribution is 2.33. The highest BCUT2D eigenvalue weighted by molar-refractivity contribution is 5.94. The third-order valence-electron chi connectivity index (χ3n) is 4.13. The highest BCUT2D eigenvalue weighted by atomic mass is 16.6. The van der Waals surface area contributed by atoms with Gasteiger partial charge in [0.05, 0.1) is 29.7 Å². The number of ether oxygens (including phenoxy) is 1. The van der Waals surface area contributed by atoms with E-state index in [0.717, 1.165) is 41.7 Å². The van der Waals surface area contributed by atoms with Gasteiger partial charge in [0.15, 0.2) is 0 Å². The number of anilines is 1. The van der Waals surface area contributed by atoms with Crippen molar-refractivity contribution >= 4 is 22.8 Å². The first kappa shape index (κ1) is 11.8. The van der Waals surface area contributed by atoms with E-state index < -0.39 is 0 Å². The van der Waals surface area contributed by atoms with Crippen LogP contribution >= 0.6 is 0 Å². The van der Waals surface area contributed by atoms with Crippen LogP contribution in [0.1, 0.15) is 24.8 Å². The van der Waals surface area contributed by atoms with Gasteiger partial charge in [0.2, 0.25) is 0 Å². The van der Waals surface area contributed by atoms with E-state index in [9.17, 15) is 4.79 Å². The van der Waals surface area contributed by atoms with Crippen molar-refractivity contribution < 1.29 is 9.53 Å². The molecule has 104 valence electrons. The molecule has 1 aromatic carbocycles. The number of rotatable bonds is 2. The van der Waals surface area contributed by atoms with Crippen molar-refractivity contribution in [3.05, 3.63) is 24.0 Å². The maximum atomic E-state index is 12.2. The van der Waals surface area contributed by atoms with E-state index in [1.54, 1.807) is 11.2 Å². The predicted octanol–water partition coefficient (Wildman–Crippen LogP) is 2.86. The van der Waals surface area contributed by atoms with E-state index >= 15 is 0 Å². The number of fused-ring (bicyclic) bond motifs is 3. The lowest BCUT2D eigenvalue weighted by Gasteiger charge is -2.28. The van der Waals surface area contributed by atoms with Crippen LogP contribution in [0.25, 0.3) is 11.0 Å². The second-order valence-corrected chi connectivity index (χ2v) is 5.64. The van der Waals surface area contributed by atoms with Crippen LogP contribution in [-0.2, 0) is 11.2 Å². The van der Waals surface area contributed by atoms with Gasteiger partial charge in [-0.15, -0.1) is 0 Å².